The van der Waals surface area contributed by atoms with E-state index in [1.54, 1.807) is 30.3 Å². The average Bonchev–Trinajstić information content (AvgIpc) is 3.26. The first-order valence-corrected chi connectivity index (χ1v) is 12.6. The molecule has 39 heavy (non-hydrogen) atoms. The van der Waals surface area contributed by atoms with Crippen LogP contribution in [0.5, 0.6) is 11.5 Å². The summed E-state index contributed by atoms with van der Waals surface area (Å²) in [6.07, 6.45) is -1.48. The lowest BCUT2D eigenvalue weighted by Gasteiger charge is -2.40. The van der Waals surface area contributed by atoms with E-state index in [1.807, 2.05) is 6.07 Å². The number of ether oxygens (including phenoxy) is 1. The number of hydrogen-bond acceptors (Lipinski definition) is 9. The molecule has 2 heterocycles. The van der Waals surface area contributed by atoms with E-state index in [9.17, 15) is 47.0 Å². The Morgan fingerprint density at radius 2 is 1.77 bits per heavy atom. The van der Waals surface area contributed by atoms with Crippen LogP contribution in [0.4, 0.5) is 13.2 Å². The summed E-state index contributed by atoms with van der Waals surface area (Å²) in [7, 11) is -6.08. The number of aliphatic hydroxyl groups excluding tert-OH is 1. The largest absolute Gasteiger partial charge is 0.534 e. The lowest BCUT2D eigenvalue weighted by Crippen LogP contribution is -2.52. The van der Waals surface area contributed by atoms with Crippen molar-refractivity contribution in [3.63, 3.8) is 0 Å². The molecule has 0 saturated heterocycles. The standard InChI is InChI=1S/C25H17F3N2O8S/c26-25(27,28)39(35,36)38-16-10-17-20(30-12-16)23(34)21(31)18(22(32)33)19(14-4-2-1-3-5-14)24(23,37-17)15-8-6-13(11-29)7-9-15/h1-10,12,18-19,21,31,34H,(H,32,33)/t18-,19-,21-,23+,24+/m1/s1. The van der Waals surface area contributed by atoms with E-state index < -0.39 is 67.9 Å². The fraction of sp³-hybridized carbons (Fsp3) is 0.240. The molecule has 1 aliphatic carbocycles. The summed E-state index contributed by atoms with van der Waals surface area (Å²) in [6.45, 7) is 0. The van der Waals surface area contributed by atoms with Crippen LogP contribution in [-0.2, 0) is 26.1 Å². The summed E-state index contributed by atoms with van der Waals surface area (Å²) in [5.41, 5.74) is -10.3. The van der Waals surface area contributed by atoms with Gasteiger partial charge < -0.3 is 24.2 Å². The van der Waals surface area contributed by atoms with Crippen LogP contribution in [0, 0.1) is 17.2 Å². The van der Waals surface area contributed by atoms with Gasteiger partial charge in [-0.3, -0.25) is 9.78 Å². The number of nitriles is 1. The Hall–Kier alpha value is -4.19. The number of halogens is 3. The number of hydrogen-bond donors (Lipinski definition) is 3. The Bertz CT molecular complexity index is 1610. The molecule has 0 spiro atoms. The second-order valence-electron chi connectivity index (χ2n) is 8.99. The van der Waals surface area contributed by atoms with Gasteiger partial charge in [0, 0.05) is 12.0 Å². The number of nitrogens with zero attached hydrogens (tertiary/aromatic N) is 2. The van der Waals surface area contributed by atoms with E-state index in [1.165, 1.54) is 24.3 Å². The minimum absolute atomic E-state index is 0.115. The monoisotopic (exact) mass is 562 g/mol. The van der Waals surface area contributed by atoms with Crippen molar-refractivity contribution in [2.45, 2.75) is 28.7 Å². The molecule has 0 radical (unpaired) electrons. The first-order valence-electron chi connectivity index (χ1n) is 11.2. The molecule has 1 aliphatic heterocycles. The quantitative estimate of drug-likeness (QED) is 0.311. The van der Waals surface area contributed by atoms with Gasteiger partial charge >= 0.3 is 21.6 Å². The van der Waals surface area contributed by atoms with Crippen LogP contribution < -0.4 is 8.92 Å². The number of carbonyl (C=O) groups is 1. The maximum absolute atomic E-state index is 12.9. The lowest BCUT2D eigenvalue weighted by atomic mass is 9.71. The summed E-state index contributed by atoms with van der Waals surface area (Å²) in [5.74, 6) is -5.79. The highest BCUT2D eigenvalue weighted by Crippen LogP contribution is 2.68. The van der Waals surface area contributed by atoms with Gasteiger partial charge in [0.05, 0.1) is 23.7 Å². The van der Waals surface area contributed by atoms with Crippen LogP contribution in [-0.4, -0.2) is 46.3 Å². The van der Waals surface area contributed by atoms with Gasteiger partial charge in [-0.15, -0.1) is 0 Å². The summed E-state index contributed by atoms with van der Waals surface area (Å²) >= 11 is 0. The molecule has 5 atom stereocenters. The smallest absolute Gasteiger partial charge is 0.481 e. The van der Waals surface area contributed by atoms with Crippen LogP contribution in [0.15, 0.2) is 66.9 Å². The van der Waals surface area contributed by atoms with E-state index >= 15 is 0 Å². The molecule has 10 nitrogen and oxygen atoms in total. The molecule has 3 aromatic rings. The molecular formula is C25H17F3N2O8S. The summed E-state index contributed by atoms with van der Waals surface area (Å²) in [4.78, 5) is 16.4. The molecule has 5 rings (SSSR count). The number of fused-ring (bicyclic) bond motifs is 3. The van der Waals surface area contributed by atoms with Crippen LogP contribution in [0.2, 0.25) is 0 Å². The number of alkyl halides is 3. The molecule has 1 fully saturated rings. The summed E-state index contributed by atoms with van der Waals surface area (Å²) in [5, 5.41) is 42.9. The zero-order valence-electron chi connectivity index (χ0n) is 19.4. The van der Waals surface area contributed by atoms with Crippen molar-refractivity contribution in [1.29, 1.82) is 5.26 Å². The van der Waals surface area contributed by atoms with Crippen LogP contribution in [0.25, 0.3) is 0 Å². The van der Waals surface area contributed by atoms with Gasteiger partial charge in [-0.2, -0.15) is 26.9 Å². The highest BCUT2D eigenvalue weighted by molar-refractivity contribution is 7.88. The topological polar surface area (TPSA) is 167 Å². The van der Waals surface area contributed by atoms with Crippen LogP contribution >= 0.6 is 0 Å². The minimum Gasteiger partial charge on any atom is -0.481 e. The summed E-state index contributed by atoms with van der Waals surface area (Å²) in [6, 6.07) is 16.1. The number of carboxylic acids is 1. The van der Waals surface area contributed by atoms with Crippen molar-refractivity contribution in [3.05, 3.63) is 89.2 Å². The van der Waals surface area contributed by atoms with Crippen LogP contribution in [0.3, 0.4) is 0 Å². The van der Waals surface area contributed by atoms with Gasteiger partial charge in [0.2, 0.25) is 0 Å². The molecule has 2 aliphatic rings. The van der Waals surface area contributed by atoms with Gasteiger partial charge in [0.25, 0.3) is 0 Å². The number of aromatic nitrogens is 1. The molecule has 1 aromatic heterocycles. The second-order valence-corrected chi connectivity index (χ2v) is 10.5. The van der Waals surface area contributed by atoms with Crippen molar-refractivity contribution >= 4 is 16.1 Å². The molecule has 0 bridgehead atoms. The summed E-state index contributed by atoms with van der Waals surface area (Å²) < 4.78 is 72.0. The highest BCUT2D eigenvalue weighted by Gasteiger charge is 2.78. The third kappa shape index (κ3) is 3.65. The van der Waals surface area contributed by atoms with Gasteiger partial charge in [-0.05, 0) is 23.3 Å². The molecular weight excluding hydrogens is 545 g/mol. The van der Waals surface area contributed by atoms with Crippen molar-refractivity contribution < 1.29 is 50.6 Å². The maximum atomic E-state index is 12.9. The molecule has 202 valence electrons. The molecule has 1 saturated carbocycles. The minimum atomic E-state index is -6.08. The van der Waals surface area contributed by atoms with Crippen molar-refractivity contribution in [2.24, 2.45) is 5.92 Å². The lowest BCUT2D eigenvalue weighted by molar-refractivity contribution is -0.160. The van der Waals surface area contributed by atoms with E-state index in [0.717, 1.165) is 6.07 Å². The fourth-order valence-electron chi connectivity index (χ4n) is 5.42. The first kappa shape index (κ1) is 26.4. The SMILES string of the molecule is N#Cc1ccc([C@@]23Oc4cc(OS(=O)(=O)C(F)(F)F)cnc4[C@]2(O)[C@H](O)[C@H](C(=O)O)[C@H]3c2ccccc2)cc1. The van der Waals surface area contributed by atoms with Gasteiger partial charge in [-0.25, -0.2) is 0 Å². The predicted molar refractivity (Wildman–Crippen MR) is 124 cm³/mol. The molecule has 3 N–H and O–H groups in total. The molecule has 14 heteroatoms. The number of aliphatic hydroxyl groups is 2. The second kappa shape index (κ2) is 8.67. The predicted octanol–water partition coefficient (Wildman–Crippen LogP) is 2.52. The van der Waals surface area contributed by atoms with E-state index in [4.69, 9.17) is 4.74 Å². The number of aliphatic carboxylic acids is 1. The number of pyridine rings is 1. The third-order valence-electron chi connectivity index (χ3n) is 6.97. The first-order chi connectivity index (χ1) is 18.3. The maximum Gasteiger partial charge on any atom is 0.534 e. The Morgan fingerprint density at radius 3 is 2.33 bits per heavy atom. The van der Waals surface area contributed by atoms with Crippen molar-refractivity contribution in [1.82, 2.24) is 4.98 Å². The Kier molecular flexibility index (Phi) is 5.87. The zero-order valence-corrected chi connectivity index (χ0v) is 20.2. The van der Waals surface area contributed by atoms with Crippen molar-refractivity contribution in [3.8, 4) is 17.6 Å². The van der Waals surface area contributed by atoms with E-state index in [-0.39, 0.29) is 11.1 Å². The normalized spacial score (nSPS) is 27.6. The Labute approximate surface area is 218 Å². The van der Waals surface area contributed by atoms with Crippen LogP contribution in [0.1, 0.15) is 28.3 Å². The molecule has 0 unspecified atom stereocenters. The number of benzene rings is 2. The molecule has 2 aromatic carbocycles. The van der Waals surface area contributed by atoms with E-state index in [2.05, 4.69) is 9.17 Å². The van der Waals surface area contributed by atoms with Gasteiger partial charge in [0.1, 0.15) is 17.5 Å². The van der Waals surface area contributed by atoms with E-state index in [0.29, 0.717) is 11.8 Å². The Balaban J connectivity index is 1.76. The van der Waals surface area contributed by atoms with Gasteiger partial charge in [0.15, 0.2) is 17.0 Å². The van der Waals surface area contributed by atoms with Crippen molar-refractivity contribution in [2.75, 3.05) is 0 Å². The highest BCUT2D eigenvalue weighted by atomic mass is 32.2. The number of carboxylic acid groups (broad SMARTS) is 1. The average molecular weight is 562 g/mol. The molecule has 0 amide bonds. The zero-order chi connectivity index (χ0) is 28.4. The third-order valence-corrected chi connectivity index (χ3v) is 7.95. The Morgan fingerprint density at radius 1 is 1.13 bits per heavy atom. The fourth-order valence-corrected chi connectivity index (χ4v) is 5.86. The van der Waals surface area contributed by atoms with Gasteiger partial charge in [-0.1, -0.05) is 42.5 Å². The number of rotatable bonds is 5.